The molecule has 2 heterocycles. The first-order chi connectivity index (χ1) is 9.50. The number of carboxylic acid groups (broad SMARTS) is 1. The molecule has 3 rings (SSSR count). The van der Waals surface area contributed by atoms with E-state index in [0.717, 1.165) is 9.80 Å². The molecule has 20 heavy (non-hydrogen) atoms. The minimum Gasteiger partial charge on any atom is -0.480 e. The maximum atomic E-state index is 12.1. The summed E-state index contributed by atoms with van der Waals surface area (Å²) in [4.78, 5) is 48.7. The molecule has 1 fully saturated rings. The fraction of sp³-hybridized carbons (Fsp3) is 0.231. The molecule has 1 N–H and O–H groups in total. The third kappa shape index (κ3) is 1.59. The van der Waals surface area contributed by atoms with Crippen LogP contribution in [0.25, 0.3) is 0 Å². The van der Waals surface area contributed by atoms with Gasteiger partial charge in [-0.25, -0.2) is 0 Å². The molecule has 0 spiro atoms. The second-order valence-corrected chi connectivity index (χ2v) is 4.65. The van der Waals surface area contributed by atoms with E-state index in [9.17, 15) is 19.2 Å². The van der Waals surface area contributed by atoms with E-state index in [1.54, 1.807) is 12.1 Å². The molecule has 2 aliphatic heterocycles. The lowest BCUT2D eigenvalue weighted by Gasteiger charge is -2.40. The average Bonchev–Trinajstić information content (AvgIpc) is 2.67. The number of amides is 3. The zero-order valence-corrected chi connectivity index (χ0v) is 10.3. The van der Waals surface area contributed by atoms with E-state index in [1.165, 1.54) is 12.1 Å². The van der Waals surface area contributed by atoms with Gasteiger partial charge in [0.05, 0.1) is 17.7 Å². The third-order valence-corrected chi connectivity index (χ3v) is 3.45. The van der Waals surface area contributed by atoms with Gasteiger partial charge in [0.1, 0.15) is 12.6 Å². The highest BCUT2D eigenvalue weighted by molar-refractivity contribution is 6.23. The number of carbonyl (C=O) groups is 4. The molecular formula is C13H10N2O5. The summed E-state index contributed by atoms with van der Waals surface area (Å²) in [5, 5.41) is 8.62. The largest absolute Gasteiger partial charge is 0.480 e. The molecule has 2 aliphatic rings. The van der Waals surface area contributed by atoms with Crippen molar-refractivity contribution >= 4 is 23.7 Å². The Bertz CT molecular complexity index is 619. The third-order valence-electron chi connectivity index (χ3n) is 3.45. The summed E-state index contributed by atoms with van der Waals surface area (Å²) in [6, 6.07) is 5.47. The lowest BCUT2D eigenvalue weighted by molar-refractivity contribution is -0.154. The van der Waals surface area contributed by atoms with Crippen LogP contribution in [0.4, 0.5) is 0 Å². The van der Waals surface area contributed by atoms with Gasteiger partial charge in [-0.2, -0.15) is 0 Å². The lowest BCUT2D eigenvalue weighted by atomic mass is 10.1. The van der Waals surface area contributed by atoms with Gasteiger partial charge in [0.15, 0.2) is 0 Å². The Balaban J connectivity index is 1.82. The van der Waals surface area contributed by atoms with Crippen LogP contribution in [-0.2, 0) is 9.59 Å². The summed E-state index contributed by atoms with van der Waals surface area (Å²) in [7, 11) is 0. The average molecular weight is 274 g/mol. The standard InChI is InChI=1S/C13H10N2O5/c16-10(17)6-14-5-9(13(14)20)15-11(18)7-3-1-2-4-8(7)12(15)19/h1-4,9H,5-6H2,(H,16,17). The highest BCUT2D eigenvalue weighted by atomic mass is 16.4. The van der Waals surface area contributed by atoms with Gasteiger partial charge >= 0.3 is 5.97 Å². The van der Waals surface area contributed by atoms with Crippen molar-refractivity contribution in [3.8, 4) is 0 Å². The quantitative estimate of drug-likeness (QED) is 0.596. The first-order valence-electron chi connectivity index (χ1n) is 5.98. The molecule has 3 amide bonds. The Kier molecular flexibility index (Phi) is 2.56. The van der Waals surface area contributed by atoms with E-state index in [-0.39, 0.29) is 17.7 Å². The van der Waals surface area contributed by atoms with Crippen LogP contribution in [0.15, 0.2) is 24.3 Å². The molecule has 0 aromatic heterocycles. The number of nitrogens with zero attached hydrogens (tertiary/aromatic N) is 2. The molecule has 0 radical (unpaired) electrons. The molecule has 7 heteroatoms. The van der Waals surface area contributed by atoms with Gasteiger partial charge in [0.2, 0.25) is 5.91 Å². The molecule has 1 atom stereocenters. The highest BCUT2D eigenvalue weighted by Gasteiger charge is 2.49. The number of likely N-dealkylation sites (tertiary alicyclic amines) is 1. The Morgan fingerprint density at radius 1 is 1.15 bits per heavy atom. The van der Waals surface area contributed by atoms with Gasteiger partial charge in [0, 0.05) is 0 Å². The second kappa shape index (κ2) is 4.16. The molecule has 7 nitrogen and oxygen atoms in total. The number of hydrogen-bond acceptors (Lipinski definition) is 4. The summed E-state index contributed by atoms with van der Waals surface area (Å²) in [6.45, 7) is -0.352. The first-order valence-corrected chi connectivity index (χ1v) is 5.98. The minimum atomic E-state index is -1.13. The number of imide groups is 1. The van der Waals surface area contributed by atoms with Crippen LogP contribution in [0.3, 0.4) is 0 Å². The van der Waals surface area contributed by atoms with Crippen molar-refractivity contribution in [2.75, 3.05) is 13.1 Å². The lowest BCUT2D eigenvalue weighted by Crippen LogP contribution is -2.65. The Labute approximate surface area is 113 Å². The van der Waals surface area contributed by atoms with E-state index < -0.39 is 36.3 Å². The van der Waals surface area contributed by atoms with Crippen LogP contribution >= 0.6 is 0 Å². The molecular weight excluding hydrogens is 264 g/mol. The van der Waals surface area contributed by atoms with E-state index in [0.29, 0.717) is 0 Å². The number of hydrogen-bond donors (Lipinski definition) is 1. The molecule has 0 saturated carbocycles. The monoisotopic (exact) mass is 274 g/mol. The fourth-order valence-electron chi connectivity index (χ4n) is 2.46. The van der Waals surface area contributed by atoms with Gasteiger partial charge in [-0.3, -0.25) is 24.1 Å². The summed E-state index contributed by atoms with van der Waals surface area (Å²) in [5.74, 6) is -2.64. The predicted molar refractivity (Wildman–Crippen MR) is 64.9 cm³/mol. The molecule has 0 aliphatic carbocycles. The minimum absolute atomic E-state index is 0.0661. The maximum Gasteiger partial charge on any atom is 0.323 e. The number of carboxylic acids is 1. The van der Waals surface area contributed by atoms with Crippen LogP contribution in [0, 0.1) is 0 Å². The number of benzene rings is 1. The summed E-state index contributed by atoms with van der Waals surface area (Å²) < 4.78 is 0. The van der Waals surface area contributed by atoms with Crippen molar-refractivity contribution in [2.45, 2.75) is 6.04 Å². The van der Waals surface area contributed by atoms with Crippen molar-refractivity contribution in [2.24, 2.45) is 0 Å². The highest BCUT2D eigenvalue weighted by Crippen LogP contribution is 2.28. The van der Waals surface area contributed by atoms with E-state index in [1.807, 2.05) is 0 Å². The summed E-state index contributed by atoms with van der Waals surface area (Å²) in [5.41, 5.74) is 0.559. The van der Waals surface area contributed by atoms with Crippen molar-refractivity contribution in [3.63, 3.8) is 0 Å². The van der Waals surface area contributed by atoms with Crippen LogP contribution in [0.1, 0.15) is 20.7 Å². The van der Waals surface area contributed by atoms with E-state index in [2.05, 4.69) is 0 Å². The van der Waals surface area contributed by atoms with Crippen molar-refractivity contribution in [1.82, 2.24) is 9.80 Å². The molecule has 1 aromatic rings. The fourth-order valence-corrected chi connectivity index (χ4v) is 2.46. The molecule has 1 unspecified atom stereocenters. The smallest absolute Gasteiger partial charge is 0.323 e. The van der Waals surface area contributed by atoms with Crippen molar-refractivity contribution in [3.05, 3.63) is 35.4 Å². The predicted octanol–water partition coefficient (Wildman–Crippen LogP) is -0.422. The Morgan fingerprint density at radius 3 is 2.15 bits per heavy atom. The van der Waals surface area contributed by atoms with Gasteiger partial charge in [0.25, 0.3) is 11.8 Å². The zero-order chi connectivity index (χ0) is 14.4. The molecule has 1 aromatic carbocycles. The van der Waals surface area contributed by atoms with Gasteiger partial charge in [-0.1, -0.05) is 12.1 Å². The Morgan fingerprint density at radius 2 is 1.70 bits per heavy atom. The van der Waals surface area contributed by atoms with Crippen LogP contribution in [-0.4, -0.2) is 57.7 Å². The number of rotatable bonds is 3. The SMILES string of the molecule is O=C(O)CN1CC(N2C(=O)c3ccccc3C2=O)C1=O. The van der Waals surface area contributed by atoms with Gasteiger partial charge in [-0.15, -0.1) is 0 Å². The summed E-state index contributed by atoms with van der Waals surface area (Å²) >= 11 is 0. The van der Waals surface area contributed by atoms with Crippen LogP contribution in [0.5, 0.6) is 0 Å². The second-order valence-electron chi connectivity index (χ2n) is 4.65. The first kappa shape index (κ1) is 12.3. The van der Waals surface area contributed by atoms with Crippen molar-refractivity contribution in [1.29, 1.82) is 0 Å². The van der Waals surface area contributed by atoms with Crippen LogP contribution in [0.2, 0.25) is 0 Å². The topological polar surface area (TPSA) is 95.0 Å². The van der Waals surface area contributed by atoms with E-state index in [4.69, 9.17) is 5.11 Å². The van der Waals surface area contributed by atoms with E-state index >= 15 is 0 Å². The Hall–Kier alpha value is -2.70. The normalized spacial score (nSPS) is 21.0. The molecule has 0 bridgehead atoms. The number of β-lactam (4-membered cyclic amide) rings is 1. The molecule has 1 saturated heterocycles. The number of fused-ring (bicyclic) bond motifs is 1. The summed E-state index contributed by atoms with van der Waals surface area (Å²) in [6.07, 6.45) is 0. The molecule has 102 valence electrons. The van der Waals surface area contributed by atoms with Gasteiger partial charge < -0.3 is 10.0 Å². The number of aliphatic carboxylic acids is 1. The zero-order valence-electron chi connectivity index (χ0n) is 10.3. The van der Waals surface area contributed by atoms with Crippen LogP contribution < -0.4 is 0 Å². The number of carbonyl (C=O) groups excluding carboxylic acids is 3. The maximum absolute atomic E-state index is 12.1. The van der Waals surface area contributed by atoms with Gasteiger partial charge in [-0.05, 0) is 12.1 Å². The van der Waals surface area contributed by atoms with Crippen molar-refractivity contribution < 1.29 is 24.3 Å².